The molecule has 18 heteroatoms. The Morgan fingerprint density at radius 2 is 1.05 bits per heavy atom. The van der Waals surface area contributed by atoms with Gasteiger partial charge in [0, 0.05) is 66.3 Å². The average Bonchev–Trinajstić information content (AvgIpc) is 4.13. The zero-order valence-electron chi connectivity index (χ0n) is 35.5. The van der Waals surface area contributed by atoms with Gasteiger partial charge in [0.1, 0.15) is 11.4 Å². The third-order valence-electron chi connectivity index (χ3n) is 10.9. The highest BCUT2D eigenvalue weighted by molar-refractivity contribution is 7.14. The van der Waals surface area contributed by atoms with Crippen LogP contribution >= 0.6 is 22.7 Å². The van der Waals surface area contributed by atoms with Crippen molar-refractivity contribution in [3.63, 3.8) is 0 Å². The number of amides is 2. The standard InChI is InChI=1S/C23H26N4O4S.C23H24N4O4S/c2*1-15(28)17-11-20(21(29)24-18-7-5-16(6-8-18)22(30)31)27(12-17)13-19-14-32-23(25-19)26-9-3-2-4-10-26/h5-8,11-12,14-15,28H,2-4,9-10,13H2,1H3,(H,24,29)(H,30,31);5-8,11-12,14H,2-4,9-10,13H2,1H3,(H,24,29)(H,30,31). The Labute approximate surface area is 377 Å². The summed E-state index contributed by atoms with van der Waals surface area (Å²) in [4.78, 5) is 74.0. The van der Waals surface area contributed by atoms with Crippen molar-refractivity contribution in [1.82, 2.24) is 19.1 Å². The maximum Gasteiger partial charge on any atom is 0.335 e. The minimum absolute atomic E-state index is 0.129. The van der Waals surface area contributed by atoms with Crippen molar-refractivity contribution >= 4 is 73.8 Å². The van der Waals surface area contributed by atoms with Crippen LogP contribution in [0.3, 0.4) is 0 Å². The van der Waals surface area contributed by atoms with Gasteiger partial charge in [0.15, 0.2) is 16.0 Å². The first-order chi connectivity index (χ1) is 30.8. The van der Waals surface area contributed by atoms with Crippen LogP contribution in [0.15, 0.2) is 83.8 Å². The molecule has 2 aromatic carbocycles. The molecular formula is C46H50N8O8S2. The predicted octanol–water partition coefficient (Wildman–Crippen LogP) is 8.12. The molecule has 16 nitrogen and oxygen atoms in total. The molecule has 0 spiro atoms. The van der Waals surface area contributed by atoms with Crippen molar-refractivity contribution in [1.29, 1.82) is 0 Å². The van der Waals surface area contributed by atoms with Crippen LogP contribution in [0.4, 0.5) is 21.6 Å². The first-order valence-electron chi connectivity index (χ1n) is 21.1. The van der Waals surface area contributed by atoms with Gasteiger partial charge in [0.2, 0.25) is 0 Å². The van der Waals surface area contributed by atoms with Crippen LogP contribution in [-0.2, 0) is 13.1 Å². The van der Waals surface area contributed by atoms with Gasteiger partial charge in [0.25, 0.3) is 11.8 Å². The van der Waals surface area contributed by atoms with Crippen molar-refractivity contribution in [3.8, 4) is 0 Å². The van der Waals surface area contributed by atoms with Crippen LogP contribution in [0.5, 0.6) is 0 Å². The third kappa shape index (κ3) is 11.5. The second-order valence-electron chi connectivity index (χ2n) is 15.8. The minimum Gasteiger partial charge on any atom is -0.478 e. The first kappa shape index (κ1) is 45.4. The number of carboxylic acids is 2. The van der Waals surface area contributed by atoms with Crippen molar-refractivity contribution in [3.05, 3.63) is 129 Å². The molecular weight excluding hydrogens is 857 g/mol. The number of aromatic carboxylic acids is 2. The minimum atomic E-state index is -1.03. The normalized spacial score (nSPS) is 14.3. The topological polar surface area (TPSA) is 212 Å². The van der Waals surface area contributed by atoms with Gasteiger partial charge in [-0.2, -0.15) is 0 Å². The Kier molecular flexibility index (Phi) is 14.7. The number of aliphatic hydroxyl groups is 1. The third-order valence-corrected chi connectivity index (χ3v) is 12.8. The number of nitrogens with zero attached hydrogens (tertiary/aromatic N) is 6. The number of aliphatic hydroxyl groups excluding tert-OH is 1. The van der Waals surface area contributed by atoms with E-state index in [1.54, 1.807) is 75.4 Å². The fraction of sp³-hybridized carbons (Fsp3) is 0.326. The molecule has 2 fully saturated rings. The fourth-order valence-corrected chi connectivity index (χ4v) is 9.18. The quantitative estimate of drug-likeness (QED) is 0.0656. The van der Waals surface area contributed by atoms with E-state index in [-0.39, 0.29) is 28.7 Å². The number of ketones is 1. The number of hydrogen-bond donors (Lipinski definition) is 5. The number of nitrogens with one attached hydrogen (secondary N) is 2. The van der Waals surface area contributed by atoms with Gasteiger partial charge in [-0.15, -0.1) is 22.7 Å². The van der Waals surface area contributed by atoms with Gasteiger partial charge < -0.3 is 44.9 Å². The van der Waals surface area contributed by atoms with E-state index in [4.69, 9.17) is 20.2 Å². The molecule has 8 rings (SSSR count). The van der Waals surface area contributed by atoms with Crippen LogP contribution in [-0.4, -0.2) is 90.1 Å². The first-order valence-corrected chi connectivity index (χ1v) is 22.8. The number of carboxylic acid groups (broad SMARTS) is 2. The molecule has 5 N–H and O–H groups in total. The Morgan fingerprint density at radius 1 is 0.625 bits per heavy atom. The van der Waals surface area contributed by atoms with Crippen LogP contribution < -0.4 is 20.4 Å². The van der Waals surface area contributed by atoms with Gasteiger partial charge >= 0.3 is 11.9 Å². The lowest BCUT2D eigenvalue weighted by Gasteiger charge is -2.25. The Bertz CT molecular complexity index is 2600. The zero-order chi connectivity index (χ0) is 45.3. The number of aromatic nitrogens is 4. The molecule has 0 aliphatic carbocycles. The Hall–Kier alpha value is -6.63. The summed E-state index contributed by atoms with van der Waals surface area (Å²) in [7, 11) is 0. The number of hydrogen-bond acceptors (Lipinski definition) is 12. The molecule has 2 amide bonds. The summed E-state index contributed by atoms with van der Waals surface area (Å²) >= 11 is 3.21. The fourth-order valence-electron chi connectivity index (χ4n) is 7.44. The van der Waals surface area contributed by atoms with E-state index >= 15 is 0 Å². The van der Waals surface area contributed by atoms with Crippen molar-refractivity contribution in [2.75, 3.05) is 46.6 Å². The van der Waals surface area contributed by atoms with Crippen molar-refractivity contribution in [2.45, 2.75) is 71.6 Å². The van der Waals surface area contributed by atoms with E-state index in [2.05, 4.69) is 20.4 Å². The number of carbonyl (C=O) groups excluding carboxylic acids is 3. The molecule has 1 unspecified atom stereocenters. The number of rotatable bonds is 14. The largest absolute Gasteiger partial charge is 0.478 e. The number of piperidine rings is 2. The summed E-state index contributed by atoms with van der Waals surface area (Å²) in [5.41, 5.74) is 4.77. The lowest BCUT2D eigenvalue weighted by Crippen LogP contribution is -2.29. The lowest BCUT2D eigenvalue weighted by atomic mass is 10.1. The number of benzene rings is 2. The molecule has 0 bridgehead atoms. The number of thiazole rings is 2. The number of carbonyl (C=O) groups is 5. The molecule has 334 valence electrons. The smallest absolute Gasteiger partial charge is 0.335 e. The summed E-state index contributed by atoms with van der Waals surface area (Å²) in [6.45, 7) is 7.98. The van der Waals surface area contributed by atoms with Crippen LogP contribution in [0.2, 0.25) is 0 Å². The van der Waals surface area contributed by atoms with E-state index < -0.39 is 18.0 Å². The van der Waals surface area contributed by atoms with Gasteiger partial charge in [-0.1, -0.05) is 0 Å². The average molecular weight is 907 g/mol. The second-order valence-corrected chi connectivity index (χ2v) is 17.4. The van der Waals surface area contributed by atoms with Gasteiger partial charge in [-0.25, -0.2) is 19.6 Å². The highest BCUT2D eigenvalue weighted by Crippen LogP contribution is 2.27. The predicted molar refractivity (Wildman–Crippen MR) is 247 cm³/mol. The Morgan fingerprint density at radius 3 is 1.45 bits per heavy atom. The molecule has 1 atom stereocenters. The monoisotopic (exact) mass is 906 g/mol. The molecule has 2 saturated heterocycles. The highest BCUT2D eigenvalue weighted by Gasteiger charge is 2.21. The molecule has 2 aliphatic heterocycles. The maximum atomic E-state index is 13.0. The van der Waals surface area contributed by atoms with Gasteiger partial charge in [-0.3, -0.25) is 14.4 Å². The molecule has 4 aromatic heterocycles. The number of Topliss-reactive ketones (excluding diaryl/α,β-unsaturated/α-hetero) is 1. The van der Waals surface area contributed by atoms with Gasteiger partial charge in [0.05, 0.1) is 41.7 Å². The number of anilines is 4. The maximum absolute atomic E-state index is 13.0. The van der Waals surface area contributed by atoms with E-state index in [1.165, 1.54) is 81.8 Å². The summed E-state index contributed by atoms with van der Waals surface area (Å²) < 4.78 is 3.52. The summed E-state index contributed by atoms with van der Waals surface area (Å²) in [5, 5.41) is 39.7. The zero-order valence-corrected chi connectivity index (χ0v) is 37.2. The van der Waals surface area contributed by atoms with Crippen LogP contribution in [0.25, 0.3) is 0 Å². The summed E-state index contributed by atoms with van der Waals surface area (Å²) in [6.07, 6.45) is 9.96. The van der Waals surface area contributed by atoms with E-state index in [0.717, 1.165) is 47.8 Å². The van der Waals surface area contributed by atoms with E-state index in [0.29, 0.717) is 47.0 Å². The second kappa shape index (κ2) is 20.7. The SMILES string of the molecule is CC(=O)c1cc(C(=O)Nc2ccc(C(=O)O)cc2)n(Cc2csc(N3CCCCC3)n2)c1.CC(O)c1cc(C(=O)Nc2ccc(C(=O)O)cc2)n(Cc2csc(N3CCCCC3)n2)c1. The molecule has 0 saturated carbocycles. The summed E-state index contributed by atoms with van der Waals surface area (Å²) in [6, 6.07) is 15.1. The highest BCUT2D eigenvalue weighted by atomic mass is 32.1. The lowest BCUT2D eigenvalue weighted by molar-refractivity contribution is 0.0686. The van der Waals surface area contributed by atoms with Crippen molar-refractivity contribution < 1.29 is 39.3 Å². The van der Waals surface area contributed by atoms with Crippen LogP contribution in [0, 0.1) is 0 Å². The molecule has 64 heavy (non-hydrogen) atoms. The summed E-state index contributed by atoms with van der Waals surface area (Å²) in [5.74, 6) is -2.91. The molecule has 0 radical (unpaired) electrons. The molecule has 6 aromatic rings. The van der Waals surface area contributed by atoms with E-state index in [1.807, 2.05) is 10.8 Å². The van der Waals surface area contributed by atoms with Crippen molar-refractivity contribution in [2.24, 2.45) is 0 Å². The molecule has 2 aliphatic rings. The molecule has 6 heterocycles. The van der Waals surface area contributed by atoms with E-state index in [9.17, 15) is 29.1 Å². The van der Waals surface area contributed by atoms with Gasteiger partial charge in [-0.05, 0) is 119 Å². The Balaban J connectivity index is 0.000000191. The van der Waals surface area contributed by atoms with Crippen LogP contribution in [0.1, 0.15) is 127 Å².